The fourth-order valence-electron chi connectivity index (χ4n) is 4.74. The fraction of sp³-hybridized carbons (Fsp3) is 0.739. The normalized spacial score (nSPS) is 16.2. The summed E-state index contributed by atoms with van der Waals surface area (Å²) < 4.78 is 9.89. The molecular weight excluding hydrogens is 445 g/mol. The van der Waals surface area contributed by atoms with Gasteiger partial charge in [0.2, 0.25) is 0 Å². The molecule has 2 nitrogen and oxygen atoms in total. The summed E-state index contributed by atoms with van der Waals surface area (Å²) in [6.07, 6.45) is 5.11. The molecule has 1 aromatic carbocycles. The first kappa shape index (κ1) is 32.9. The first-order valence-corrected chi connectivity index (χ1v) is 26.3. The maximum absolute atomic E-state index is 4.94. The molecular formula is C23H48MgO2Si4. The van der Waals surface area contributed by atoms with Crippen LogP contribution in [0.4, 0.5) is 0 Å². The minimum atomic E-state index is -0.832. The van der Waals surface area contributed by atoms with Gasteiger partial charge in [-0.25, -0.2) is 0 Å². The van der Waals surface area contributed by atoms with Crippen molar-refractivity contribution in [1.82, 2.24) is 0 Å². The summed E-state index contributed by atoms with van der Waals surface area (Å²) in [5.41, 5.74) is 0. The van der Waals surface area contributed by atoms with Crippen LogP contribution in [0.15, 0.2) is 30.3 Å². The van der Waals surface area contributed by atoms with Crippen molar-refractivity contribution in [2.75, 3.05) is 26.4 Å². The molecule has 0 aliphatic carbocycles. The van der Waals surface area contributed by atoms with Gasteiger partial charge in [0, 0.05) is 26.4 Å². The average molecular weight is 493 g/mol. The van der Waals surface area contributed by atoms with Crippen molar-refractivity contribution in [2.24, 2.45) is 0 Å². The van der Waals surface area contributed by atoms with Gasteiger partial charge in [-0.1, -0.05) is 58.9 Å². The number of rotatable bonds is 3. The maximum Gasteiger partial charge on any atom is 2.00 e. The van der Waals surface area contributed by atoms with Gasteiger partial charge >= 0.3 is 23.1 Å². The molecule has 170 valence electrons. The molecule has 0 bridgehead atoms. The molecule has 2 saturated heterocycles. The van der Waals surface area contributed by atoms with Gasteiger partial charge in [-0.2, -0.15) is 36.4 Å². The summed E-state index contributed by atoms with van der Waals surface area (Å²) in [7, 11) is -2.47. The molecule has 2 aliphatic rings. The third-order valence-electron chi connectivity index (χ3n) is 4.51. The van der Waals surface area contributed by atoms with E-state index in [1.807, 2.05) is 30.3 Å². The molecule has 7 heteroatoms. The van der Waals surface area contributed by atoms with Crippen molar-refractivity contribution in [1.29, 1.82) is 0 Å². The van der Waals surface area contributed by atoms with E-state index in [1.54, 1.807) is 0 Å². The van der Waals surface area contributed by atoms with Crippen molar-refractivity contribution >= 4 is 53.2 Å². The van der Waals surface area contributed by atoms with E-state index in [0.29, 0.717) is 0 Å². The Morgan fingerprint density at radius 3 is 0.933 bits per heavy atom. The number of hydrogen-bond acceptors (Lipinski definition) is 2. The summed E-state index contributed by atoms with van der Waals surface area (Å²) in [6, 6.07) is 12.5. The van der Waals surface area contributed by atoms with Gasteiger partial charge in [0.1, 0.15) is 0 Å². The van der Waals surface area contributed by atoms with E-state index >= 15 is 0 Å². The Labute approximate surface area is 209 Å². The summed E-state index contributed by atoms with van der Waals surface area (Å²) in [6.45, 7) is 27.5. The quantitative estimate of drug-likeness (QED) is 0.357. The van der Waals surface area contributed by atoms with Crippen molar-refractivity contribution in [2.45, 2.75) is 84.6 Å². The first-order valence-electron chi connectivity index (χ1n) is 11.3. The van der Waals surface area contributed by atoms with Crippen LogP contribution in [0.5, 0.6) is 0 Å². The topological polar surface area (TPSA) is 18.5 Å². The van der Waals surface area contributed by atoms with Crippen molar-refractivity contribution in [3.8, 4) is 0 Å². The Kier molecular flexibility index (Phi) is 19.0. The molecule has 0 spiro atoms. The minimum Gasteiger partial charge on any atom is -0.381 e. The Bertz CT molecular complexity index is 403. The zero-order chi connectivity index (χ0) is 22.4. The molecule has 2 heterocycles. The number of hydrogen-bond donors (Lipinski definition) is 0. The Hall–Kier alpha value is 0.774. The molecule has 0 saturated carbocycles. The van der Waals surface area contributed by atoms with E-state index in [9.17, 15) is 0 Å². The summed E-state index contributed by atoms with van der Waals surface area (Å²) in [5.74, 6) is 0. The zero-order valence-electron chi connectivity index (χ0n) is 21.6. The Morgan fingerprint density at radius 2 is 0.867 bits per heavy atom. The van der Waals surface area contributed by atoms with Crippen LogP contribution in [0.1, 0.15) is 25.7 Å². The largest absolute Gasteiger partial charge is 2.00 e. The SMILES string of the molecule is C1CCOC1.C1CCOC1.C[Si](C)(C)[Si-]([Si](C)(C)C)[Si](C)(C)C.[Mg+2].[c-]1ccccc1. The van der Waals surface area contributed by atoms with E-state index < -0.39 is 22.8 Å². The third-order valence-corrected chi connectivity index (χ3v) is 63.0. The predicted molar refractivity (Wildman–Crippen MR) is 147 cm³/mol. The van der Waals surface area contributed by atoms with Crippen LogP contribution in [0.25, 0.3) is 0 Å². The van der Waals surface area contributed by atoms with Crippen LogP contribution >= 0.6 is 0 Å². The van der Waals surface area contributed by atoms with E-state index in [0.717, 1.165) is 26.4 Å². The standard InChI is InChI=1S/C9H27Si4.C6H5.2C4H8O.Mg/c1-11(2,3)10(12(4,5)6)13(7,8)9;1-2-4-6-5-3-1;2*1-2-4-5-3-1;/h1-9H3;1-5H;2*1-4H2;/q2*-1;;;+2. The molecule has 0 N–H and O–H groups in total. The number of ether oxygens (including phenoxy) is 2. The zero-order valence-corrected chi connectivity index (χ0v) is 27.0. The van der Waals surface area contributed by atoms with Crippen molar-refractivity contribution in [3.63, 3.8) is 0 Å². The Balaban J connectivity index is 0. The third kappa shape index (κ3) is 18.4. The summed E-state index contributed by atoms with van der Waals surface area (Å²) in [4.78, 5) is 0. The minimum absolute atomic E-state index is 0. The molecule has 0 amide bonds. The molecule has 1 aromatic rings. The molecule has 2 aliphatic heterocycles. The van der Waals surface area contributed by atoms with E-state index in [4.69, 9.17) is 9.47 Å². The van der Waals surface area contributed by atoms with Crippen LogP contribution in [-0.4, -0.2) is 79.6 Å². The van der Waals surface area contributed by atoms with Crippen molar-refractivity contribution < 1.29 is 9.47 Å². The fourth-order valence-corrected chi connectivity index (χ4v) is 92.5. The smallest absolute Gasteiger partial charge is 0.381 e. The average Bonchev–Trinajstić information content (AvgIpc) is 3.31. The first-order chi connectivity index (χ1) is 13.4. The molecule has 0 atom stereocenters. The van der Waals surface area contributed by atoms with E-state index in [2.05, 4.69) is 65.0 Å². The van der Waals surface area contributed by atoms with Gasteiger partial charge in [-0.3, -0.25) is 7.35 Å². The van der Waals surface area contributed by atoms with Gasteiger partial charge in [-0.15, -0.1) is 22.8 Å². The predicted octanol–water partition coefficient (Wildman–Crippen LogP) is 6.43. The molecule has 0 aromatic heterocycles. The van der Waals surface area contributed by atoms with Gasteiger partial charge in [0.25, 0.3) is 0 Å². The summed E-state index contributed by atoms with van der Waals surface area (Å²) >= 11 is 0. The summed E-state index contributed by atoms with van der Waals surface area (Å²) in [5, 5.41) is 0. The molecule has 2 fully saturated rings. The Morgan fingerprint density at radius 1 is 0.567 bits per heavy atom. The van der Waals surface area contributed by atoms with E-state index in [1.165, 1.54) is 25.7 Å². The van der Waals surface area contributed by atoms with Crippen molar-refractivity contribution in [3.05, 3.63) is 36.4 Å². The number of benzene rings is 1. The van der Waals surface area contributed by atoms with Gasteiger partial charge in [0.15, 0.2) is 0 Å². The molecule has 0 unspecified atom stereocenters. The van der Waals surface area contributed by atoms with Gasteiger partial charge in [-0.05, 0) is 25.7 Å². The molecule has 30 heavy (non-hydrogen) atoms. The molecule has 0 radical (unpaired) electrons. The molecule has 3 rings (SSSR count). The van der Waals surface area contributed by atoms with Crippen LogP contribution in [-0.2, 0) is 9.47 Å². The maximum atomic E-state index is 4.94. The monoisotopic (exact) mass is 492 g/mol. The second kappa shape index (κ2) is 17.3. The van der Waals surface area contributed by atoms with E-state index in [-0.39, 0.29) is 30.4 Å². The second-order valence-electron chi connectivity index (χ2n) is 10.8. The van der Waals surface area contributed by atoms with Crippen LogP contribution in [0, 0.1) is 6.07 Å². The second-order valence-corrected chi connectivity index (χ2v) is 47.6. The van der Waals surface area contributed by atoms with Crippen LogP contribution in [0.2, 0.25) is 58.9 Å². The van der Waals surface area contributed by atoms with Gasteiger partial charge in [0.05, 0.1) is 0 Å². The van der Waals surface area contributed by atoms with Crippen LogP contribution in [0.3, 0.4) is 0 Å². The van der Waals surface area contributed by atoms with Crippen LogP contribution < -0.4 is 0 Å². The van der Waals surface area contributed by atoms with Gasteiger partial charge < -0.3 is 9.47 Å².